The van der Waals surface area contributed by atoms with Gasteiger partial charge < -0.3 is 23.7 Å². The van der Waals surface area contributed by atoms with Crippen LogP contribution in [0.4, 0.5) is 4.39 Å². The summed E-state index contributed by atoms with van der Waals surface area (Å²) in [5.74, 6) is -0.254. The maximum Gasteiger partial charge on any atom is 0.305 e. The van der Waals surface area contributed by atoms with E-state index < -0.39 is 11.8 Å². The molecule has 0 N–H and O–H groups in total. The zero-order valence-electron chi connectivity index (χ0n) is 24.9. The first-order valence-electron chi connectivity index (χ1n) is 15.9. The minimum absolute atomic E-state index is 0.0121. The van der Waals surface area contributed by atoms with Crippen molar-refractivity contribution in [3.63, 3.8) is 0 Å². The van der Waals surface area contributed by atoms with Crippen LogP contribution in [0.5, 0.6) is 0 Å². The third kappa shape index (κ3) is 11.4. The van der Waals surface area contributed by atoms with E-state index in [9.17, 15) is 4.79 Å². The third-order valence-electron chi connectivity index (χ3n) is 8.69. The van der Waals surface area contributed by atoms with Crippen molar-refractivity contribution in [3.05, 3.63) is 12.2 Å². The molecule has 3 unspecified atom stereocenters. The van der Waals surface area contributed by atoms with Crippen molar-refractivity contribution >= 4 is 5.97 Å². The second-order valence-corrected chi connectivity index (χ2v) is 12.0. The lowest BCUT2D eigenvalue weighted by molar-refractivity contribution is -0.208. The van der Waals surface area contributed by atoms with Crippen molar-refractivity contribution in [2.45, 2.75) is 153 Å². The van der Waals surface area contributed by atoms with Crippen molar-refractivity contribution < 1.29 is 32.9 Å². The first kappa shape index (κ1) is 32.5. The molecule has 3 fully saturated rings. The van der Waals surface area contributed by atoms with Gasteiger partial charge in [-0.2, -0.15) is 0 Å². The highest BCUT2D eigenvalue weighted by atomic mass is 19.1. The number of carbonyl (C=O) groups is 1. The average molecular weight is 555 g/mol. The SMILES string of the molecule is CCCCCC(C)(/C=C/[C@@H]1[C@@H](CCCCCCC(=O)OC)[C@H](F)C[C@H]1OC1CCCCO1)OC1CCCCO1. The Hall–Kier alpha value is -1.02. The fourth-order valence-electron chi connectivity index (χ4n) is 6.30. The molecule has 0 bridgehead atoms. The van der Waals surface area contributed by atoms with Gasteiger partial charge in [-0.15, -0.1) is 0 Å². The molecule has 6 nitrogen and oxygen atoms in total. The molecular weight excluding hydrogens is 499 g/mol. The molecule has 1 saturated carbocycles. The van der Waals surface area contributed by atoms with Crippen LogP contribution >= 0.6 is 0 Å². The molecule has 3 aliphatic rings. The summed E-state index contributed by atoms with van der Waals surface area (Å²) in [5, 5.41) is 0. The van der Waals surface area contributed by atoms with E-state index >= 15 is 4.39 Å². The van der Waals surface area contributed by atoms with Gasteiger partial charge in [-0.3, -0.25) is 4.79 Å². The van der Waals surface area contributed by atoms with Gasteiger partial charge in [0.2, 0.25) is 0 Å². The van der Waals surface area contributed by atoms with Crippen molar-refractivity contribution in [2.75, 3.05) is 20.3 Å². The maximum absolute atomic E-state index is 15.5. The molecule has 0 aromatic rings. The van der Waals surface area contributed by atoms with Gasteiger partial charge >= 0.3 is 5.97 Å². The Balaban J connectivity index is 1.67. The summed E-state index contributed by atoms with van der Waals surface area (Å²) in [7, 11) is 1.43. The van der Waals surface area contributed by atoms with Gasteiger partial charge in [0.15, 0.2) is 12.6 Å². The van der Waals surface area contributed by atoms with Gasteiger partial charge in [-0.1, -0.05) is 57.6 Å². The largest absolute Gasteiger partial charge is 0.469 e. The molecule has 0 radical (unpaired) electrons. The van der Waals surface area contributed by atoms with Gasteiger partial charge in [-0.25, -0.2) is 4.39 Å². The topological polar surface area (TPSA) is 63.2 Å². The Morgan fingerprint density at radius 1 is 0.974 bits per heavy atom. The van der Waals surface area contributed by atoms with Crippen LogP contribution in [0, 0.1) is 11.8 Å². The average Bonchev–Trinajstić information content (AvgIpc) is 3.23. The Kier molecular flexibility index (Phi) is 14.8. The molecular formula is C32H55FO6. The van der Waals surface area contributed by atoms with Gasteiger partial charge in [0.05, 0.1) is 18.8 Å². The lowest BCUT2D eigenvalue weighted by Crippen LogP contribution is -2.36. The number of alkyl halides is 1. The summed E-state index contributed by atoms with van der Waals surface area (Å²) >= 11 is 0. The third-order valence-corrected chi connectivity index (χ3v) is 8.69. The lowest BCUT2D eigenvalue weighted by Gasteiger charge is -2.34. The van der Waals surface area contributed by atoms with Crippen LogP contribution in [0.25, 0.3) is 0 Å². The standard InChI is InChI=1S/C32H55FO6/c1-4-5-12-20-32(2,39-31-18-11-14-23-37-31)21-19-26-25(15-8-6-7-9-16-29(34)35-3)27(33)24-28(26)38-30-17-10-13-22-36-30/h19,21,25-28,30-31H,4-18,20,22-24H2,1-3H3/b21-19+/t25-,26-,27-,28-,30?,31?,32?/m1/s1. The first-order valence-corrected chi connectivity index (χ1v) is 15.9. The van der Waals surface area contributed by atoms with Crippen LogP contribution in [0.3, 0.4) is 0 Å². The molecule has 39 heavy (non-hydrogen) atoms. The summed E-state index contributed by atoms with van der Waals surface area (Å²) in [6, 6.07) is 0. The van der Waals surface area contributed by atoms with E-state index in [-0.39, 0.29) is 36.5 Å². The highest BCUT2D eigenvalue weighted by Gasteiger charge is 2.44. The predicted octanol–water partition coefficient (Wildman–Crippen LogP) is 7.82. The molecule has 0 aromatic heterocycles. The molecule has 0 amide bonds. The zero-order chi connectivity index (χ0) is 27.9. The van der Waals surface area contributed by atoms with Crippen LogP contribution in [0.2, 0.25) is 0 Å². The minimum atomic E-state index is -0.891. The molecule has 7 atom stereocenters. The van der Waals surface area contributed by atoms with E-state index in [1.54, 1.807) is 0 Å². The van der Waals surface area contributed by atoms with Gasteiger partial charge in [0, 0.05) is 32.0 Å². The van der Waals surface area contributed by atoms with Gasteiger partial charge in [0.25, 0.3) is 0 Å². The fraction of sp³-hybridized carbons (Fsp3) is 0.906. The van der Waals surface area contributed by atoms with Gasteiger partial charge in [-0.05, 0) is 70.6 Å². The van der Waals surface area contributed by atoms with Crippen molar-refractivity contribution in [1.29, 1.82) is 0 Å². The lowest BCUT2D eigenvalue weighted by atomic mass is 9.86. The van der Waals surface area contributed by atoms with E-state index in [0.29, 0.717) is 12.8 Å². The van der Waals surface area contributed by atoms with Crippen LogP contribution in [0.15, 0.2) is 12.2 Å². The number of halogens is 1. The molecule has 2 heterocycles. The monoisotopic (exact) mass is 554 g/mol. The molecule has 2 saturated heterocycles. The summed E-state index contributed by atoms with van der Waals surface area (Å²) in [6.07, 6.45) is 18.9. The molecule has 7 heteroatoms. The molecule has 2 aliphatic heterocycles. The van der Waals surface area contributed by atoms with E-state index in [2.05, 4.69) is 26.0 Å². The molecule has 0 aromatic carbocycles. The number of ether oxygens (including phenoxy) is 5. The fourth-order valence-corrected chi connectivity index (χ4v) is 6.30. The number of unbranched alkanes of at least 4 members (excludes halogenated alkanes) is 5. The Bertz CT molecular complexity index is 705. The molecule has 0 spiro atoms. The summed E-state index contributed by atoms with van der Waals surface area (Å²) in [5.41, 5.74) is -0.449. The van der Waals surface area contributed by atoms with Crippen LogP contribution in [-0.2, 0) is 28.5 Å². The van der Waals surface area contributed by atoms with Crippen LogP contribution < -0.4 is 0 Å². The van der Waals surface area contributed by atoms with E-state index in [4.69, 9.17) is 23.7 Å². The quantitative estimate of drug-likeness (QED) is 0.104. The molecule has 226 valence electrons. The summed E-state index contributed by atoms with van der Waals surface area (Å²) in [6.45, 7) is 5.85. The number of hydrogen-bond donors (Lipinski definition) is 0. The minimum Gasteiger partial charge on any atom is -0.469 e. The summed E-state index contributed by atoms with van der Waals surface area (Å²) < 4.78 is 45.1. The smallest absolute Gasteiger partial charge is 0.305 e. The van der Waals surface area contributed by atoms with Crippen molar-refractivity contribution in [3.8, 4) is 0 Å². The Morgan fingerprint density at radius 2 is 1.69 bits per heavy atom. The van der Waals surface area contributed by atoms with E-state index in [1.165, 1.54) is 7.11 Å². The van der Waals surface area contributed by atoms with E-state index in [1.807, 2.05) is 0 Å². The number of methoxy groups -OCH3 is 1. The van der Waals surface area contributed by atoms with Crippen LogP contribution in [0.1, 0.15) is 123 Å². The van der Waals surface area contributed by atoms with E-state index in [0.717, 1.165) is 110 Å². The second kappa shape index (κ2) is 17.7. The highest BCUT2D eigenvalue weighted by molar-refractivity contribution is 5.68. The number of rotatable bonds is 17. The molecule has 3 rings (SSSR count). The second-order valence-electron chi connectivity index (χ2n) is 12.0. The summed E-state index contributed by atoms with van der Waals surface area (Å²) in [4.78, 5) is 11.4. The maximum atomic E-state index is 15.5. The van der Waals surface area contributed by atoms with Crippen molar-refractivity contribution in [1.82, 2.24) is 0 Å². The Labute approximate surface area is 236 Å². The van der Waals surface area contributed by atoms with Gasteiger partial charge in [0.1, 0.15) is 6.17 Å². The predicted molar refractivity (Wildman–Crippen MR) is 151 cm³/mol. The zero-order valence-corrected chi connectivity index (χ0v) is 24.9. The number of esters is 1. The highest BCUT2D eigenvalue weighted by Crippen LogP contribution is 2.42. The Morgan fingerprint density at radius 3 is 2.36 bits per heavy atom. The van der Waals surface area contributed by atoms with Crippen molar-refractivity contribution in [2.24, 2.45) is 11.8 Å². The van der Waals surface area contributed by atoms with Crippen LogP contribution in [-0.4, -0.2) is 56.7 Å². The first-order chi connectivity index (χ1) is 18.9. The number of carbonyl (C=O) groups excluding carboxylic acids is 1. The number of hydrogen-bond acceptors (Lipinski definition) is 6. The normalized spacial score (nSPS) is 31.4. The molecule has 1 aliphatic carbocycles.